The molecule has 0 amide bonds. The van der Waals surface area contributed by atoms with Gasteiger partial charge in [-0.25, -0.2) is 0 Å². The maximum atomic E-state index is 6.19. The quantitative estimate of drug-likeness (QED) is 0.662. The second-order valence-corrected chi connectivity index (χ2v) is 5.99. The van der Waals surface area contributed by atoms with Crippen LogP contribution in [0.3, 0.4) is 0 Å². The van der Waals surface area contributed by atoms with Crippen LogP contribution in [0.4, 0.5) is 0 Å². The number of halogens is 2. The van der Waals surface area contributed by atoms with Crippen LogP contribution in [-0.4, -0.2) is 5.33 Å². The lowest BCUT2D eigenvalue weighted by Gasteiger charge is -2.14. The van der Waals surface area contributed by atoms with E-state index in [4.69, 9.17) is 11.6 Å². The van der Waals surface area contributed by atoms with E-state index in [1.165, 1.54) is 11.1 Å². The number of alkyl halides is 1. The molecule has 1 heterocycles. The molecular formula is C14H14BrClS. The van der Waals surface area contributed by atoms with Crippen LogP contribution in [0.15, 0.2) is 41.1 Å². The van der Waals surface area contributed by atoms with Crippen molar-refractivity contribution in [3.63, 3.8) is 0 Å². The highest BCUT2D eigenvalue weighted by atomic mass is 79.9. The third-order valence-corrected chi connectivity index (χ3v) is 4.81. The van der Waals surface area contributed by atoms with Crippen molar-refractivity contribution in [1.82, 2.24) is 0 Å². The second-order valence-electron chi connectivity index (χ2n) is 4.15. The minimum Gasteiger partial charge on any atom is -0.152 e. The molecular weight excluding hydrogens is 316 g/mol. The molecule has 0 aliphatic heterocycles. The van der Waals surface area contributed by atoms with Gasteiger partial charge < -0.3 is 0 Å². The van der Waals surface area contributed by atoms with Crippen molar-refractivity contribution in [3.8, 4) is 0 Å². The van der Waals surface area contributed by atoms with E-state index in [-0.39, 0.29) is 0 Å². The van der Waals surface area contributed by atoms with E-state index < -0.39 is 0 Å². The number of hydrogen-bond donors (Lipinski definition) is 0. The highest BCUT2D eigenvalue weighted by molar-refractivity contribution is 9.09. The van der Waals surface area contributed by atoms with Crippen molar-refractivity contribution in [2.24, 2.45) is 5.92 Å². The van der Waals surface area contributed by atoms with Gasteiger partial charge in [0.05, 0.1) is 0 Å². The Balaban J connectivity index is 2.03. The molecule has 0 nitrogen and oxygen atoms in total. The molecule has 0 fully saturated rings. The van der Waals surface area contributed by atoms with Crippen LogP contribution >= 0.6 is 38.9 Å². The minimum atomic E-state index is 0.601. The van der Waals surface area contributed by atoms with E-state index in [2.05, 4.69) is 44.9 Å². The molecule has 2 rings (SSSR count). The fraction of sp³-hybridized carbons (Fsp3) is 0.286. The summed E-state index contributed by atoms with van der Waals surface area (Å²) in [7, 11) is 0. The van der Waals surface area contributed by atoms with Gasteiger partial charge in [-0.1, -0.05) is 45.7 Å². The molecule has 0 aliphatic rings. The third kappa shape index (κ3) is 3.84. The lowest BCUT2D eigenvalue weighted by atomic mass is 9.95. The number of hydrogen-bond acceptors (Lipinski definition) is 1. The van der Waals surface area contributed by atoms with E-state index in [0.29, 0.717) is 5.92 Å². The molecule has 1 aromatic carbocycles. The van der Waals surface area contributed by atoms with Gasteiger partial charge in [0, 0.05) is 10.4 Å². The molecule has 90 valence electrons. The topological polar surface area (TPSA) is 0 Å². The zero-order valence-electron chi connectivity index (χ0n) is 9.40. The van der Waals surface area contributed by atoms with Gasteiger partial charge >= 0.3 is 0 Å². The number of thiophene rings is 1. The standard InChI is InChI=1S/C14H14BrClS/c15-9-12(7-11-5-6-17-10-11)8-13-3-1-2-4-14(13)16/h1-6,10,12H,7-9H2. The first-order chi connectivity index (χ1) is 8.29. The summed E-state index contributed by atoms with van der Waals surface area (Å²) in [6.45, 7) is 0. The number of benzene rings is 1. The Labute approximate surface area is 120 Å². The van der Waals surface area contributed by atoms with Crippen molar-refractivity contribution in [3.05, 3.63) is 57.2 Å². The van der Waals surface area contributed by atoms with Crippen LogP contribution < -0.4 is 0 Å². The fourth-order valence-electron chi connectivity index (χ4n) is 1.90. The smallest absolute Gasteiger partial charge is 0.0438 e. The predicted octanol–water partition coefficient (Wildman–Crippen LogP) is 5.20. The van der Waals surface area contributed by atoms with Crippen molar-refractivity contribution in [2.45, 2.75) is 12.8 Å². The molecule has 3 heteroatoms. The van der Waals surface area contributed by atoms with Crippen LogP contribution in [-0.2, 0) is 12.8 Å². The first-order valence-electron chi connectivity index (χ1n) is 5.60. The van der Waals surface area contributed by atoms with Crippen molar-refractivity contribution in [2.75, 3.05) is 5.33 Å². The summed E-state index contributed by atoms with van der Waals surface area (Å²) in [5.41, 5.74) is 2.67. The van der Waals surface area contributed by atoms with Crippen molar-refractivity contribution >= 4 is 38.9 Å². The van der Waals surface area contributed by atoms with E-state index in [0.717, 1.165) is 23.2 Å². The van der Waals surface area contributed by atoms with Gasteiger partial charge in [0.25, 0.3) is 0 Å². The van der Waals surface area contributed by atoms with E-state index in [1.807, 2.05) is 12.1 Å². The van der Waals surface area contributed by atoms with Crippen LogP contribution in [0.25, 0.3) is 0 Å². The Bertz CT molecular complexity index is 453. The van der Waals surface area contributed by atoms with Gasteiger partial charge in [-0.15, -0.1) is 0 Å². The third-order valence-electron chi connectivity index (χ3n) is 2.79. The minimum absolute atomic E-state index is 0.601. The molecule has 0 spiro atoms. The fourth-order valence-corrected chi connectivity index (χ4v) is 3.25. The Morgan fingerprint density at radius 1 is 1.18 bits per heavy atom. The van der Waals surface area contributed by atoms with Crippen LogP contribution in [0.5, 0.6) is 0 Å². The van der Waals surface area contributed by atoms with Crippen LogP contribution in [0.1, 0.15) is 11.1 Å². The van der Waals surface area contributed by atoms with E-state index in [1.54, 1.807) is 11.3 Å². The average molecular weight is 330 g/mol. The largest absolute Gasteiger partial charge is 0.152 e. The molecule has 0 radical (unpaired) electrons. The lowest BCUT2D eigenvalue weighted by Crippen LogP contribution is -2.09. The normalized spacial score (nSPS) is 12.6. The Morgan fingerprint density at radius 2 is 2.00 bits per heavy atom. The van der Waals surface area contributed by atoms with Crippen molar-refractivity contribution < 1.29 is 0 Å². The Kier molecular flexibility index (Phi) is 5.08. The van der Waals surface area contributed by atoms with E-state index >= 15 is 0 Å². The number of rotatable bonds is 5. The molecule has 0 N–H and O–H groups in total. The SMILES string of the molecule is Clc1ccccc1CC(CBr)Cc1ccsc1. The molecule has 0 aliphatic carbocycles. The molecule has 1 unspecified atom stereocenters. The summed E-state index contributed by atoms with van der Waals surface area (Å²) in [6, 6.07) is 10.3. The van der Waals surface area contributed by atoms with Crippen molar-refractivity contribution in [1.29, 1.82) is 0 Å². The summed E-state index contributed by atoms with van der Waals surface area (Å²) >= 11 is 11.6. The summed E-state index contributed by atoms with van der Waals surface area (Å²) in [5, 5.41) is 6.25. The zero-order chi connectivity index (χ0) is 12.1. The molecule has 0 bridgehead atoms. The van der Waals surface area contributed by atoms with Gasteiger partial charge in [0.2, 0.25) is 0 Å². The molecule has 0 saturated heterocycles. The van der Waals surface area contributed by atoms with E-state index in [9.17, 15) is 0 Å². The Hall–Kier alpha value is -0.310. The van der Waals surface area contributed by atoms with Gasteiger partial charge in [0.1, 0.15) is 0 Å². The summed E-state index contributed by atoms with van der Waals surface area (Å²) < 4.78 is 0. The maximum Gasteiger partial charge on any atom is 0.0438 e. The molecule has 2 aromatic rings. The van der Waals surface area contributed by atoms with Gasteiger partial charge in [-0.05, 0) is 52.8 Å². The van der Waals surface area contributed by atoms with Gasteiger partial charge in [0.15, 0.2) is 0 Å². The first kappa shape index (κ1) is 13.1. The highest BCUT2D eigenvalue weighted by Gasteiger charge is 2.11. The van der Waals surface area contributed by atoms with Gasteiger partial charge in [-0.2, -0.15) is 11.3 Å². The monoisotopic (exact) mass is 328 g/mol. The molecule has 0 saturated carbocycles. The lowest BCUT2D eigenvalue weighted by molar-refractivity contribution is 0.592. The predicted molar refractivity (Wildman–Crippen MR) is 80.5 cm³/mol. The average Bonchev–Trinajstić information content (AvgIpc) is 2.84. The zero-order valence-corrected chi connectivity index (χ0v) is 12.6. The van der Waals surface area contributed by atoms with Crippen LogP contribution in [0.2, 0.25) is 5.02 Å². The summed E-state index contributed by atoms with van der Waals surface area (Å²) in [6.07, 6.45) is 2.14. The highest BCUT2D eigenvalue weighted by Crippen LogP contribution is 2.23. The second kappa shape index (κ2) is 6.58. The molecule has 1 atom stereocenters. The summed E-state index contributed by atoms with van der Waals surface area (Å²) in [4.78, 5) is 0. The molecule has 17 heavy (non-hydrogen) atoms. The first-order valence-corrected chi connectivity index (χ1v) is 8.04. The van der Waals surface area contributed by atoms with Crippen LogP contribution in [0, 0.1) is 5.92 Å². The summed E-state index contributed by atoms with van der Waals surface area (Å²) in [5.74, 6) is 0.601. The molecule has 1 aromatic heterocycles. The van der Waals surface area contributed by atoms with Gasteiger partial charge in [-0.3, -0.25) is 0 Å². The maximum absolute atomic E-state index is 6.19. The Morgan fingerprint density at radius 3 is 2.65 bits per heavy atom.